The number of carbonyl (C=O) groups is 1. The van der Waals surface area contributed by atoms with E-state index in [1.807, 2.05) is 6.92 Å². The van der Waals surface area contributed by atoms with Gasteiger partial charge < -0.3 is 11.1 Å². The largest absolute Gasteiger partial charge is 0.325 e. The maximum absolute atomic E-state index is 12.0. The molecular formula is C14H22N2O3S. The Labute approximate surface area is 120 Å². The highest BCUT2D eigenvalue weighted by atomic mass is 32.2. The lowest BCUT2D eigenvalue weighted by molar-refractivity contribution is -0.120. The molecule has 0 aliphatic heterocycles. The Morgan fingerprint density at radius 2 is 1.80 bits per heavy atom. The van der Waals surface area contributed by atoms with E-state index < -0.39 is 15.4 Å². The Hall–Kier alpha value is -1.40. The van der Waals surface area contributed by atoms with E-state index in [4.69, 9.17) is 5.73 Å². The van der Waals surface area contributed by atoms with Gasteiger partial charge in [-0.3, -0.25) is 4.79 Å². The van der Waals surface area contributed by atoms with Gasteiger partial charge in [-0.05, 0) is 37.6 Å². The molecule has 1 aromatic rings. The summed E-state index contributed by atoms with van der Waals surface area (Å²) in [5, 5.41) is 2.70. The normalized spacial score (nSPS) is 14.6. The molecule has 0 aliphatic carbocycles. The smallest absolute Gasteiger partial charge is 0.244 e. The quantitative estimate of drug-likeness (QED) is 0.840. The molecular weight excluding hydrogens is 276 g/mol. The lowest BCUT2D eigenvalue weighted by atomic mass is 9.96. The zero-order valence-electron chi connectivity index (χ0n) is 12.1. The molecule has 3 N–H and O–H groups in total. The monoisotopic (exact) mass is 298 g/mol. The second kappa shape index (κ2) is 6.37. The maximum Gasteiger partial charge on any atom is 0.244 e. The van der Waals surface area contributed by atoms with Crippen molar-refractivity contribution in [3.8, 4) is 0 Å². The summed E-state index contributed by atoms with van der Waals surface area (Å²) in [5.41, 5.74) is 5.54. The van der Waals surface area contributed by atoms with Crippen molar-refractivity contribution in [3.05, 3.63) is 24.3 Å². The molecule has 1 amide bonds. The minimum Gasteiger partial charge on any atom is -0.325 e. The van der Waals surface area contributed by atoms with Crippen molar-refractivity contribution in [3.63, 3.8) is 0 Å². The first-order valence-electron chi connectivity index (χ1n) is 6.66. The number of hydrogen-bond donors (Lipinski definition) is 2. The summed E-state index contributed by atoms with van der Waals surface area (Å²) in [4.78, 5) is 12.3. The Kier molecular flexibility index (Phi) is 5.30. The van der Waals surface area contributed by atoms with Crippen molar-refractivity contribution in [1.29, 1.82) is 0 Å². The second-order valence-electron chi connectivity index (χ2n) is 5.05. The van der Waals surface area contributed by atoms with Gasteiger partial charge in [-0.2, -0.15) is 0 Å². The molecule has 0 saturated carbocycles. The van der Waals surface area contributed by atoms with Crippen LogP contribution in [0.3, 0.4) is 0 Å². The molecule has 0 saturated heterocycles. The van der Waals surface area contributed by atoms with Crippen LogP contribution < -0.4 is 11.1 Å². The third kappa shape index (κ3) is 4.05. The zero-order chi connectivity index (χ0) is 15.4. The lowest BCUT2D eigenvalue weighted by Crippen LogP contribution is -2.48. The number of nitrogens with two attached hydrogens (primary N) is 1. The van der Waals surface area contributed by atoms with Gasteiger partial charge in [0.1, 0.15) is 0 Å². The average Bonchev–Trinajstić information content (AvgIpc) is 2.39. The highest BCUT2D eigenvalue weighted by Crippen LogP contribution is 2.17. The minimum atomic E-state index is -3.22. The number of hydrogen-bond acceptors (Lipinski definition) is 4. The second-order valence-corrected chi connectivity index (χ2v) is 7.33. The maximum atomic E-state index is 12.0. The van der Waals surface area contributed by atoms with Gasteiger partial charge in [0, 0.05) is 5.69 Å². The van der Waals surface area contributed by atoms with Crippen LogP contribution in [-0.2, 0) is 14.6 Å². The van der Waals surface area contributed by atoms with Crippen LogP contribution in [0.4, 0.5) is 5.69 Å². The lowest BCUT2D eigenvalue weighted by Gasteiger charge is -2.22. The first-order chi connectivity index (χ1) is 9.23. The number of sulfone groups is 1. The Balaban J connectivity index is 2.84. The van der Waals surface area contributed by atoms with Crippen LogP contribution in [0.2, 0.25) is 0 Å². The third-order valence-electron chi connectivity index (χ3n) is 3.14. The molecule has 20 heavy (non-hydrogen) atoms. The van der Waals surface area contributed by atoms with Gasteiger partial charge in [0.05, 0.1) is 16.2 Å². The van der Waals surface area contributed by atoms with Crippen LogP contribution in [0.1, 0.15) is 33.6 Å². The van der Waals surface area contributed by atoms with Gasteiger partial charge in [-0.15, -0.1) is 0 Å². The first kappa shape index (κ1) is 16.7. The Morgan fingerprint density at radius 3 is 2.25 bits per heavy atom. The topological polar surface area (TPSA) is 89.3 Å². The number of carbonyl (C=O) groups excluding carboxylic acids is 1. The van der Waals surface area contributed by atoms with E-state index in [0.717, 1.165) is 6.42 Å². The van der Waals surface area contributed by atoms with Crippen LogP contribution in [0.25, 0.3) is 0 Å². The van der Waals surface area contributed by atoms with Gasteiger partial charge in [-0.1, -0.05) is 20.3 Å². The number of amides is 1. The Bertz CT molecular complexity index is 563. The molecule has 1 aromatic carbocycles. The number of nitrogens with one attached hydrogen (secondary N) is 1. The van der Waals surface area contributed by atoms with Gasteiger partial charge in [-0.25, -0.2) is 8.42 Å². The molecule has 0 heterocycles. The van der Waals surface area contributed by atoms with Gasteiger partial charge in [0.15, 0.2) is 9.84 Å². The molecule has 5 nitrogen and oxygen atoms in total. The van der Waals surface area contributed by atoms with E-state index >= 15 is 0 Å². The van der Waals surface area contributed by atoms with Crippen LogP contribution in [0.5, 0.6) is 0 Å². The fraction of sp³-hybridized carbons (Fsp3) is 0.500. The van der Waals surface area contributed by atoms with E-state index in [1.165, 1.54) is 12.1 Å². The number of benzene rings is 1. The molecule has 112 valence electrons. The summed E-state index contributed by atoms with van der Waals surface area (Å²) < 4.78 is 23.3. The molecule has 1 atom stereocenters. The summed E-state index contributed by atoms with van der Waals surface area (Å²) in [5.74, 6) is -0.221. The zero-order valence-corrected chi connectivity index (χ0v) is 13.0. The fourth-order valence-corrected chi connectivity index (χ4v) is 2.70. The molecule has 0 aliphatic rings. The van der Waals surface area contributed by atoms with E-state index in [0.29, 0.717) is 12.1 Å². The molecule has 0 radical (unpaired) electrons. The highest BCUT2D eigenvalue weighted by molar-refractivity contribution is 7.91. The van der Waals surface area contributed by atoms with Crippen molar-refractivity contribution >= 4 is 21.4 Å². The molecule has 0 bridgehead atoms. The highest BCUT2D eigenvalue weighted by Gasteiger charge is 2.27. The van der Waals surface area contributed by atoms with Crippen LogP contribution in [0, 0.1) is 0 Å². The number of anilines is 1. The van der Waals surface area contributed by atoms with Crippen molar-refractivity contribution in [2.24, 2.45) is 5.73 Å². The summed E-state index contributed by atoms with van der Waals surface area (Å²) >= 11 is 0. The summed E-state index contributed by atoms with van der Waals surface area (Å²) in [6.45, 7) is 5.24. The minimum absolute atomic E-state index is 0.0517. The molecule has 1 unspecified atom stereocenters. The van der Waals surface area contributed by atoms with E-state index in [1.54, 1.807) is 26.0 Å². The van der Waals surface area contributed by atoms with E-state index in [-0.39, 0.29) is 16.6 Å². The SMILES string of the molecule is CCCC(C)(N)C(=O)Nc1ccc(S(=O)(=O)CC)cc1. The van der Waals surface area contributed by atoms with Gasteiger partial charge in [0.2, 0.25) is 5.91 Å². The van der Waals surface area contributed by atoms with E-state index in [2.05, 4.69) is 5.32 Å². The van der Waals surface area contributed by atoms with Crippen molar-refractivity contribution < 1.29 is 13.2 Å². The van der Waals surface area contributed by atoms with E-state index in [9.17, 15) is 13.2 Å². The molecule has 0 spiro atoms. The molecule has 0 fully saturated rings. The Morgan fingerprint density at radius 1 is 1.25 bits per heavy atom. The third-order valence-corrected chi connectivity index (χ3v) is 4.89. The average molecular weight is 298 g/mol. The standard InChI is InChI=1S/C14H22N2O3S/c1-4-10-14(3,15)13(17)16-11-6-8-12(9-7-11)20(18,19)5-2/h6-9H,4-5,10,15H2,1-3H3,(H,16,17). The summed E-state index contributed by atoms with van der Waals surface area (Å²) in [6.07, 6.45) is 1.40. The number of rotatable bonds is 6. The van der Waals surface area contributed by atoms with Crippen molar-refractivity contribution in [2.75, 3.05) is 11.1 Å². The molecule has 6 heteroatoms. The predicted molar refractivity (Wildman–Crippen MR) is 80.3 cm³/mol. The molecule has 1 rings (SSSR count). The predicted octanol–water partition coefficient (Wildman–Crippen LogP) is 1.94. The summed E-state index contributed by atoms with van der Waals surface area (Å²) in [6, 6.07) is 6.12. The first-order valence-corrected chi connectivity index (χ1v) is 8.31. The summed E-state index contributed by atoms with van der Waals surface area (Å²) in [7, 11) is -3.22. The van der Waals surface area contributed by atoms with Crippen molar-refractivity contribution in [2.45, 2.75) is 44.0 Å². The van der Waals surface area contributed by atoms with Gasteiger partial charge in [0.25, 0.3) is 0 Å². The van der Waals surface area contributed by atoms with Crippen molar-refractivity contribution in [1.82, 2.24) is 0 Å². The fourth-order valence-electron chi connectivity index (χ4n) is 1.82. The van der Waals surface area contributed by atoms with Crippen LogP contribution in [-0.4, -0.2) is 25.6 Å². The van der Waals surface area contributed by atoms with Gasteiger partial charge >= 0.3 is 0 Å². The van der Waals surface area contributed by atoms with Crippen LogP contribution >= 0.6 is 0 Å². The van der Waals surface area contributed by atoms with Crippen LogP contribution in [0.15, 0.2) is 29.2 Å². The molecule has 0 aromatic heterocycles.